The average molecular weight is 180 g/mol. The summed E-state index contributed by atoms with van der Waals surface area (Å²) in [7, 11) is 0. The summed E-state index contributed by atoms with van der Waals surface area (Å²) in [5, 5.41) is 4.26. The molecule has 0 bridgehead atoms. The van der Waals surface area contributed by atoms with E-state index in [-0.39, 0.29) is 0 Å². The van der Waals surface area contributed by atoms with Crippen molar-refractivity contribution < 1.29 is 0 Å². The van der Waals surface area contributed by atoms with Gasteiger partial charge in [-0.25, -0.2) is 4.98 Å². The molecule has 0 fully saturated rings. The largest absolute Gasteiger partial charge is 0.330 e. The second-order valence-electron chi connectivity index (χ2n) is 2.93. The van der Waals surface area contributed by atoms with Gasteiger partial charge >= 0.3 is 0 Å². The predicted octanol–water partition coefficient (Wildman–Crippen LogP) is 2.90. The third kappa shape index (κ3) is 1.25. The van der Waals surface area contributed by atoms with Gasteiger partial charge in [-0.05, 0) is 6.42 Å². The van der Waals surface area contributed by atoms with Gasteiger partial charge in [0.2, 0.25) is 0 Å². The summed E-state index contributed by atoms with van der Waals surface area (Å²) in [5.74, 6) is 0. The van der Waals surface area contributed by atoms with Gasteiger partial charge in [0, 0.05) is 17.3 Å². The summed E-state index contributed by atoms with van der Waals surface area (Å²) < 4.78 is 2.23. The van der Waals surface area contributed by atoms with E-state index < -0.39 is 0 Å². The Morgan fingerprint density at radius 1 is 1.50 bits per heavy atom. The monoisotopic (exact) mass is 180 g/mol. The molecular formula is C9H12N2S. The molecule has 0 aliphatic heterocycles. The van der Waals surface area contributed by atoms with E-state index >= 15 is 0 Å². The highest BCUT2D eigenvalue weighted by Crippen LogP contribution is 2.17. The first-order chi connectivity index (χ1) is 5.92. The number of thiophene rings is 1. The van der Waals surface area contributed by atoms with E-state index in [2.05, 4.69) is 27.2 Å². The van der Waals surface area contributed by atoms with Crippen molar-refractivity contribution in [3.63, 3.8) is 0 Å². The molecule has 0 unspecified atom stereocenters. The highest BCUT2D eigenvalue weighted by Gasteiger charge is 2.01. The van der Waals surface area contributed by atoms with Crippen LogP contribution in [0.1, 0.15) is 19.8 Å². The van der Waals surface area contributed by atoms with Crippen molar-refractivity contribution in [1.29, 1.82) is 0 Å². The molecule has 2 rings (SSSR count). The van der Waals surface area contributed by atoms with Crippen LogP contribution in [0, 0.1) is 0 Å². The lowest BCUT2D eigenvalue weighted by Crippen LogP contribution is -1.93. The molecule has 0 spiro atoms. The van der Waals surface area contributed by atoms with Gasteiger partial charge in [-0.3, -0.25) is 0 Å². The standard InChI is InChI=1S/C9H12N2S/c1-2-3-4-11-7-10-8-5-12-6-9(8)11/h5-7H,2-4H2,1H3. The first kappa shape index (κ1) is 7.80. The van der Waals surface area contributed by atoms with E-state index in [9.17, 15) is 0 Å². The number of fused-ring (bicyclic) bond motifs is 1. The zero-order valence-corrected chi connectivity index (χ0v) is 7.97. The van der Waals surface area contributed by atoms with Crippen LogP contribution in [0.5, 0.6) is 0 Å². The predicted molar refractivity (Wildman–Crippen MR) is 52.5 cm³/mol. The molecule has 0 amide bonds. The molecule has 0 radical (unpaired) electrons. The van der Waals surface area contributed by atoms with E-state index in [0.717, 1.165) is 12.1 Å². The fourth-order valence-corrected chi connectivity index (χ4v) is 2.06. The van der Waals surface area contributed by atoms with E-state index in [0.29, 0.717) is 0 Å². The van der Waals surface area contributed by atoms with Crippen molar-refractivity contribution >= 4 is 22.4 Å². The summed E-state index contributed by atoms with van der Waals surface area (Å²) in [6.45, 7) is 3.31. The van der Waals surface area contributed by atoms with Crippen molar-refractivity contribution in [1.82, 2.24) is 9.55 Å². The summed E-state index contributed by atoms with van der Waals surface area (Å²) in [6.07, 6.45) is 4.41. The molecule has 2 heterocycles. The van der Waals surface area contributed by atoms with Gasteiger partial charge in [-0.15, -0.1) is 11.3 Å². The lowest BCUT2D eigenvalue weighted by Gasteiger charge is -1.99. The molecule has 3 heteroatoms. The molecule has 2 aromatic heterocycles. The van der Waals surface area contributed by atoms with Gasteiger partial charge in [-0.1, -0.05) is 13.3 Å². The Hall–Kier alpha value is -0.830. The van der Waals surface area contributed by atoms with Crippen LogP contribution in [0.4, 0.5) is 0 Å². The van der Waals surface area contributed by atoms with Crippen molar-refractivity contribution in [2.45, 2.75) is 26.3 Å². The average Bonchev–Trinajstić information content (AvgIpc) is 2.62. The highest BCUT2D eigenvalue weighted by atomic mass is 32.1. The minimum absolute atomic E-state index is 1.10. The Kier molecular flexibility index (Phi) is 2.13. The van der Waals surface area contributed by atoms with Crippen molar-refractivity contribution in [3.05, 3.63) is 17.1 Å². The van der Waals surface area contributed by atoms with Crippen LogP contribution >= 0.6 is 11.3 Å². The fraction of sp³-hybridized carbons (Fsp3) is 0.444. The first-order valence-electron chi connectivity index (χ1n) is 4.29. The maximum atomic E-state index is 4.30. The number of aromatic nitrogens is 2. The van der Waals surface area contributed by atoms with E-state index in [1.54, 1.807) is 11.3 Å². The number of rotatable bonds is 3. The number of hydrogen-bond acceptors (Lipinski definition) is 2. The summed E-state index contributed by atoms with van der Waals surface area (Å²) in [5.41, 5.74) is 2.42. The minimum Gasteiger partial charge on any atom is -0.330 e. The number of aryl methyl sites for hydroxylation is 1. The summed E-state index contributed by atoms with van der Waals surface area (Å²) in [4.78, 5) is 4.30. The normalized spacial score (nSPS) is 11.1. The van der Waals surface area contributed by atoms with Crippen molar-refractivity contribution in [3.8, 4) is 0 Å². The van der Waals surface area contributed by atoms with E-state index in [4.69, 9.17) is 0 Å². The minimum atomic E-state index is 1.10. The molecule has 0 aromatic carbocycles. The van der Waals surface area contributed by atoms with Gasteiger partial charge < -0.3 is 4.57 Å². The first-order valence-corrected chi connectivity index (χ1v) is 5.23. The lowest BCUT2D eigenvalue weighted by atomic mass is 10.3. The van der Waals surface area contributed by atoms with Crippen LogP contribution in [0.15, 0.2) is 17.1 Å². The van der Waals surface area contributed by atoms with Crippen LogP contribution in [0.3, 0.4) is 0 Å². The highest BCUT2D eigenvalue weighted by molar-refractivity contribution is 7.09. The quantitative estimate of drug-likeness (QED) is 0.710. The molecule has 0 atom stereocenters. The van der Waals surface area contributed by atoms with Gasteiger partial charge in [0.05, 0.1) is 17.4 Å². The third-order valence-corrected chi connectivity index (χ3v) is 2.74. The maximum absolute atomic E-state index is 4.30. The van der Waals surface area contributed by atoms with Crippen molar-refractivity contribution in [2.24, 2.45) is 0 Å². The number of unbranched alkanes of at least 4 members (excludes halogenated alkanes) is 1. The molecule has 2 aromatic rings. The Labute approximate surface area is 75.9 Å². The molecular weight excluding hydrogens is 168 g/mol. The smallest absolute Gasteiger partial charge is 0.0991 e. The molecule has 0 saturated carbocycles. The number of imidazole rings is 1. The maximum Gasteiger partial charge on any atom is 0.0991 e. The Morgan fingerprint density at radius 3 is 3.25 bits per heavy atom. The molecule has 64 valence electrons. The zero-order valence-electron chi connectivity index (χ0n) is 7.16. The third-order valence-electron chi connectivity index (χ3n) is 2.02. The van der Waals surface area contributed by atoms with Crippen LogP contribution in [-0.4, -0.2) is 9.55 Å². The lowest BCUT2D eigenvalue weighted by molar-refractivity contribution is 0.646. The second kappa shape index (κ2) is 3.27. The van der Waals surface area contributed by atoms with Gasteiger partial charge in [0.25, 0.3) is 0 Å². The molecule has 0 aliphatic rings. The molecule has 12 heavy (non-hydrogen) atoms. The summed E-state index contributed by atoms with van der Waals surface area (Å²) >= 11 is 1.72. The zero-order chi connectivity index (χ0) is 8.39. The molecule has 0 aliphatic carbocycles. The van der Waals surface area contributed by atoms with Crippen molar-refractivity contribution in [2.75, 3.05) is 0 Å². The fourth-order valence-electron chi connectivity index (χ4n) is 1.30. The SMILES string of the molecule is CCCCn1cnc2cscc21. The van der Waals surface area contributed by atoms with Crippen LogP contribution in [0.2, 0.25) is 0 Å². The van der Waals surface area contributed by atoms with Crippen LogP contribution in [-0.2, 0) is 6.54 Å². The van der Waals surface area contributed by atoms with Gasteiger partial charge in [-0.2, -0.15) is 0 Å². The number of hydrogen-bond donors (Lipinski definition) is 0. The molecule has 0 saturated heterocycles. The van der Waals surface area contributed by atoms with E-state index in [1.807, 2.05) is 6.33 Å². The van der Waals surface area contributed by atoms with Gasteiger partial charge in [0.1, 0.15) is 0 Å². The Morgan fingerprint density at radius 2 is 2.42 bits per heavy atom. The molecule has 0 N–H and O–H groups in total. The van der Waals surface area contributed by atoms with Crippen LogP contribution < -0.4 is 0 Å². The van der Waals surface area contributed by atoms with E-state index in [1.165, 1.54) is 18.4 Å². The van der Waals surface area contributed by atoms with Gasteiger partial charge in [0.15, 0.2) is 0 Å². The summed E-state index contributed by atoms with van der Waals surface area (Å²) in [6, 6.07) is 0. The Balaban J connectivity index is 2.28. The number of nitrogens with zero attached hydrogens (tertiary/aromatic N) is 2. The topological polar surface area (TPSA) is 17.8 Å². The second-order valence-corrected chi connectivity index (χ2v) is 3.68. The Bertz CT molecular complexity index is 361. The van der Waals surface area contributed by atoms with Crippen LogP contribution in [0.25, 0.3) is 11.0 Å². The molecule has 2 nitrogen and oxygen atoms in total.